The van der Waals surface area contributed by atoms with E-state index in [0.29, 0.717) is 23.9 Å². The number of aromatic nitrogens is 3. The van der Waals surface area contributed by atoms with E-state index in [1.807, 2.05) is 24.4 Å². The van der Waals surface area contributed by atoms with Crippen molar-refractivity contribution in [3.8, 4) is 16.2 Å². The molecule has 3 heterocycles. The second-order valence-electron chi connectivity index (χ2n) is 7.03. The highest BCUT2D eigenvalue weighted by atomic mass is 32.1. The topological polar surface area (TPSA) is 79.2 Å². The van der Waals surface area contributed by atoms with E-state index in [2.05, 4.69) is 32.0 Å². The van der Waals surface area contributed by atoms with Gasteiger partial charge in [0.1, 0.15) is 5.82 Å². The number of rotatable bonds is 5. The first-order valence-electron chi connectivity index (χ1n) is 9.35. The zero-order chi connectivity index (χ0) is 19.5. The lowest BCUT2D eigenvalue weighted by atomic mass is 9.93. The third-order valence-electron chi connectivity index (χ3n) is 5.11. The second-order valence-corrected chi connectivity index (χ2v) is 8.04. The maximum atomic E-state index is 10.9. The Balaban J connectivity index is 1.38. The number of thiazole rings is 1. The standard InChI is InChI=1S/C21H21N4O2S/c1-14-20(27)17(13-26)24-19(23-14)11-15-7-9-25(10-8-15)21-22-12-18(28-21)16-5-3-2-4-6-16/h2-6,12,15,27H,7-11H2,1H3. The summed E-state index contributed by atoms with van der Waals surface area (Å²) in [4.78, 5) is 27.6. The van der Waals surface area contributed by atoms with Crippen LogP contribution in [0.15, 0.2) is 36.5 Å². The van der Waals surface area contributed by atoms with Crippen molar-refractivity contribution in [2.45, 2.75) is 26.2 Å². The lowest BCUT2D eigenvalue weighted by Crippen LogP contribution is -2.34. The van der Waals surface area contributed by atoms with Gasteiger partial charge in [0.15, 0.2) is 16.6 Å². The van der Waals surface area contributed by atoms with Gasteiger partial charge in [-0.05, 0) is 31.2 Å². The van der Waals surface area contributed by atoms with Crippen LogP contribution in [0.25, 0.3) is 10.4 Å². The van der Waals surface area contributed by atoms with Gasteiger partial charge in [0.25, 0.3) is 6.29 Å². The van der Waals surface area contributed by atoms with Crippen molar-refractivity contribution in [2.75, 3.05) is 18.0 Å². The number of hydrogen-bond acceptors (Lipinski definition) is 7. The molecule has 143 valence electrons. The monoisotopic (exact) mass is 393 g/mol. The summed E-state index contributed by atoms with van der Waals surface area (Å²) in [6.45, 7) is 3.56. The first-order chi connectivity index (χ1) is 13.6. The Bertz CT molecular complexity index is 966. The van der Waals surface area contributed by atoms with Gasteiger partial charge in [0, 0.05) is 25.7 Å². The fraction of sp³-hybridized carbons (Fsp3) is 0.333. The number of benzene rings is 1. The fourth-order valence-corrected chi connectivity index (χ4v) is 4.49. The summed E-state index contributed by atoms with van der Waals surface area (Å²) >= 11 is 1.73. The van der Waals surface area contributed by atoms with E-state index in [1.54, 1.807) is 24.5 Å². The van der Waals surface area contributed by atoms with E-state index in [4.69, 9.17) is 0 Å². The molecule has 1 fully saturated rings. The summed E-state index contributed by atoms with van der Waals surface area (Å²) in [6, 6.07) is 10.3. The van der Waals surface area contributed by atoms with E-state index in [9.17, 15) is 9.90 Å². The molecule has 6 nitrogen and oxygen atoms in total. The minimum atomic E-state index is -0.174. The van der Waals surface area contributed by atoms with Crippen molar-refractivity contribution >= 4 is 22.8 Å². The Hall–Kier alpha value is -2.80. The molecule has 2 aromatic heterocycles. The van der Waals surface area contributed by atoms with Crippen molar-refractivity contribution in [1.29, 1.82) is 0 Å². The van der Waals surface area contributed by atoms with Crippen LogP contribution in [0, 0.1) is 12.8 Å². The molecule has 0 atom stereocenters. The Morgan fingerprint density at radius 3 is 2.68 bits per heavy atom. The summed E-state index contributed by atoms with van der Waals surface area (Å²) < 4.78 is 0. The van der Waals surface area contributed by atoms with Crippen LogP contribution in [-0.4, -0.2) is 39.4 Å². The van der Waals surface area contributed by atoms with Gasteiger partial charge in [0.05, 0.1) is 10.6 Å². The smallest absolute Gasteiger partial charge is 0.257 e. The van der Waals surface area contributed by atoms with Crippen LogP contribution in [0.5, 0.6) is 5.75 Å². The summed E-state index contributed by atoms with van der Waals surface area (Å²) in [7, 11) is 0. The molecule has 1 aromatic carbocycles. The zero-order valence-corrected chi connectivity index (χ0v) is 16.4. The number of nitrogens with zero attached hydrogens (tertiary/aromatic N) is 4. The van der Waals surface area contributed by atoms with Crippen molar-refractivity contribution in [2.24, 2.45) is 5.92 Å². The van der Waals surface area contributed by atoms with E-state index >= 15 is 0 Å². The predicted molar refractivity (Wildman–Crippen MR) is 109 cm³/mol. The Morgan fingerprint density at radius 1 is 1.21 bits per heavy atom. The Kier molecular flexibility index (Phi) is 5.34. The molecule has 0 bridgehead atoms. The summed E-state index contributed by atoms with van der Waals surface area (Å²) in [5.74, 6) is 0.882. The zero-order valence-electron chi connectivity index (χ0n) is 15.6. The van der Waals surface area contributed by atoms with Gasteiger partial charge in [-0.3, -0.25) is 4.79 Å². The average Bonchev–Trinajstić information content (AvgIpc) is 3.22. The van der Waals surface area contributed by atoms with Gasteiger partial charge in [0.2, 0.25) is 0 Å². The molecule has 1 saturated heterocycles. The van der Waals surface area contributed by atoms with Crippen molar-refractivity contribution < 1.29 is 9.90 Å². The van der Waals surface area contributed by atoms with Crippen LogP contribution in [0.1, 0.15) is 30.1 Å². The highest BCUT2D eigenvalue weighted by Crippen LogP contribution is 2.33. The molecule has 0 unspecified atom stereocenters. The van der Waals surface area contributed by atoms with Crippen LogP contribution < -0.4 is 4.90 Å². The van der Waals surface area contributed by atoms with Crippen LogP contribution in [0.3, 0.4) is 0 Å². The molecule has 0 saturated carbocycles. The molecule has 0 amide bonds. The van der Waals surface area contributed by atoms with E-state index in [0.717, 1.165) is 31.1 Å². The minimum Gasteiger partial charge on any atom is -0.504 e. The lowest BCUT2D eigenvalue weighted by Gasteiger charge is -2.31. The number of carbonyl (C=O) groups excluding carboxylic acids is 1. The van der Waals surface area contributed by atoms with Crippen molar-refractivity contribution in [1.82, 2.24) is 15.0 Å². The third-order valence-corrected chi connectivity index (χ3v) is 6.22. The SMILES string of the molecule is Cc1nc(CC2CCN(c3ncc(-c4ccccc4)s3)CC2)nc([C]=O)c1O. The molecule has 28 heavy (non-hydrogen) atoms. The molecule has 0 aliphatic carbocycles. The number of anilines is 1. The molecule has 1 N–H and O–H groups in total. The van der Waals surface area contributed by atoms with Crippen LogP contribution in [-0.2, 0) is 11.2 Å². The predicted octanol–water partition coefficient (Wildman–Crippen LogP) is 3.53. The average molecular weight is 393 g/mol. The molecular formula is C21H21N4O2S. The van der Waals surface area contributed by atoms with E-state index in [1.165, 1.54) is 10.4 Å². The largest absolute Gasteiger partial charge is 0.504 e. The molecule has 1 aliphatic rings. The number of aromatic hydroxyl groups is 1. The van der Waals surface area contributed by atoms with Crippen molar-refractivity contribution in [3.05, 3.63) is 53.7 Å². The first-order valence-corrected chi connectivity index (χ1v) is 10.2. The van der Waals surface area contributed by atoms with Crippen LogP contribution in [0.2, 0.25) is 0 Å². The normalized spacial score (nSPS) is 15.0. The van der Waals surface area contributed by atoms with E-state index < -0.39 is 0 Å². The van der Waals surface area contributed by atoms with Gasteiger partial charge in [-0.2, -0.15) is 0 Å². The third kappa shape index (κ3) is 3.89. The quantitative estimate of drug-likeness (QED) is 0.714. The molecule has 1 aliphatic heterocycles. The molecule has 4 rings (SSSR count). The summed E-state index contributed by atoms with van der Waals surface area (Å²) in [5.41, 5.74) is 1.58. The highest BCUT2D eigenvalue weighted by Gasteiger charge is 2.23. The molecule has 0 spiro atoms. The number of piperidine rings is 1. The van der Waals surface area contributed by atoms with Gasteiger partial charge in [-0.1, -0.05) is 41.7 Å². The first kappa shape index (κ1) is 18.6. The Labute approximate surface area is 167 Å². The molecule has 7 heteroatoms. The van der Waals surface area contributed by atoms with E-state index in [-0.39, 0.29) is 11.4 Å². The number of hydrogen-bond donors (Lipinski definition) is 1. The summed E-state index contributed by atoms with van der Waals surface area (Å²) in [5, 5.41) is 10.8. The number of aryl methyl sites for hydroxylation is 1. The maximum absolute atomic E-state index is 10.9. The van der Waals surface area contributed by atoms with Crippen LogP contribution in [0.4, 0.5) is 5.13 Å². The van der Waals surface area contributed by atoms with Gasteiger partial charge < -0.3 is 10.0 Å². The van der Waals surface area contributed by atoms with Crippen LogP contribution >= 0.6 is 11.3 Å². The second kappa shape index (κ2) is 8.06. The van der Waals surface area contributed by atoms with Gasteiger partial charge in [-0.25, -0.2) is 15.0 Å². The Morgan fingerprint density at radius 2 is 1.96 bits per heavy atom. The van der Waals surface area contributed by atoms with Crippen molar-refractivity contribution in [3.63, 3.8) is 0 Å². The molecule has 3 aromatic rings. The highest BCUT2D eigenvalue weighted by molar-refractivity contribution is 7.18. The summed E-state index contributed by atoms with van der Waals surface area (Å²) in [6.07, 6.45) is 6.38. The molecular weight excluding hydrogens is 372 g/mol. The maximum Gasteiger partial charge on any atom is 0.257 e. The fourth-order valence-electron chi connectivity index (χ4n) is 3.52. The molecule has 1 radical (unpaired) electrons. The van der Waals surface area contributed by atoms with Gasteiger partial charge in [-0.15, -0.1) is 0 Å². The van der Waals surface area contributed by atoms with Gasteiger partial charge >= 0.3 is 0 Å². The minimum absolute atomic E-state index is 0.0452. The lowest BCUT2D eigenvalue weighted by molar-refractivity contribution is 0.394.